The molecule has 0 spiro atoms. The molecular formula is C15H22ClN3OS. The van der Waals surface area contributed by atoms with Gasteiger partial charge in [0.15, 0.2) is 0 Å². The monoisotopic (exact) mass is 327 g/mol. The number of carbonyl (C=O) groups is 1. The summed E-state index contributed by atoms with van der Waals surface area (Å²) in [5.74, 6) is 0.654. The van der Waals surface area contributed by atoms with Crippen molar-refractivity contribution in [3.8, 4) is 0 Å². The van der Waals surface area contributed by atoms with Crippen molar-refractivity contribution in [3.05, 3.63) is 45.0 Å². The molecule has 0 aliphatic heterocycles. The van der Waals surface area contributed by atoms with Crippen molar-refractivity contribution in [1.82, 2.24) is 5.32 Å². The minimum absolute atomic E-state index is 0.495. The van der Waals surface area contributed by atoms with Gasteiger partial charge in [-0.2, -0.15) is 0 Å². The third-order valence-corrected chi connectivity index (χ3v) is 4.26. The average molecular weight is 328 g/mol. The Balaban J connectivity index is 0.000000219. The highest BCUT2D eigenvalue weighted by Crippen LogP contribution is 2.36. The van der Waals surface area contributed by atoms with Gasteiger partial charge in [-0.05, 0) is 49.8 Å². The van der Waals surface area contributed by atoms with Crippen molar-refractivity contribution >= 4 is 30.0 Å². The highest BCUT2D eigenvalue weighted by atomic mass is 35.5. The van der Waals surface area contributed by atoms with Crippen molar-refractivity contribution in [1.29, 1.82) is 0 Å². The highest BCUT2D eigenvalue weighted by molar-refractivity contribution is 8.00. The molecule has 116 valence electrons. The zero-order valence-corrected chi connectivity index (χ0v) is 13.9. The quantitative estimate of drug-likeness (QED) is 0.573. The van der Waals surface area contributed by atoms with Crippen molar-refractivity contribution in [2.24, 2.45) is 16.8 Å². The van der Waals surface area contributed by atoms with Gasteiger partial charge >= 0.3 is 0 Å². The van der Waals surface area contributed by atoms with Crippen molar-refractivity contribution in [2.75, 3.05) is 0 Å². The van der Waals surface area contributed by atoms with Crippen LogP contribution in [0.15, 0.2) is 28.8 Å². The first-order valence-electron chi connectivity index (χ1n) is 6.75. The van der Waals surface area contributed by atoms with Gasteiger partial charge in [0.25, 0.3) is 0 Å². The fourth-order valence-corrected chi connectivity index (χ4v) is 2.38. The standard InChI is InChI=1S/C9H10ClNO.C6H12N2S/c1-7-3-2-4-9(10)8(7)5-11-6-12;1-4(9-8)6(7)5-2-3-5/h2-4,6H,5H2,1H3,(H,11,12);5H,2-3,7-8H2,1H3/b;6-4-. The van der Waals surface area contributed by atoms with Crippen LogP contribution in [0.25, 0.3) is 0 Å². The van der Waals surface area contributed by atoms with Gasteiger partial charge in [-0.1, -0.05) is 35.7 Å². The fraction of sp³-hybridized carbons (Fsp3) is 0.400. The van der Waals surface area contributed by atoms with Crippen LogP contribution < -0.4 is 16.2 Å². The van der Waals surface area contributed by atoms with Crippen LogP contribution in [-0.4, -0.2) is 6.41 Å². The molecule has 0 unspecified atom stereocenters. The first-order valence-corrected chi connectivity index (χ1v) is 8.01. The van der Waals surface area contributed by atoms with E-state index in [1.54, 1.807) is 0 Å². The number of nitrogens with one attached hydrogen (secondary N) is 1. The Morgan fingerprint density at radius 1 is 1.52 bits per heavy atom. The van der Waals surface area contributed by atoms with Crippen molar-refractivity contribution < 1.29 is 4.79 Å². The molecule has 1 aromatic rings. The van der Waals surface area contributed by atoms with Crippen LogP contribution in [0.2, 0.25) is 5.02 Å². The molecule has 1 saturated carbocycles. The summed E-state index contributed by atoms with van der Waals surface area (Å²) in [5, 5.41) is 8.60. The van der Waals surface area contributed by atoms with Crippen LogP contribution in [0.5, 0.6) is 0 Å². The Labute approximate surface area is 135 Å². The van der Waals surface area contributed by atoms with Gasteiger partial charge in [-0.3, -0.25) is 9.93 Å². The summed E-state index contributed by atoms with van der Waals surface area (Å²) in [6.07, 6.45) is 3.18. The first-order chi connectivity index (χ1) is 10.0. The molecule has 0 radical (unpaired) electrons. The van der Waals surface area contributed by atoms with Gasteiger partial charge in [-0.25, -0.2) is 0 Å². The molecule has 0 aromatic heterocycles. The van der Waals surface area contributed by atoms with Crippen LogP contribution in [0.3, 0.4) is 0 Å². The van der Waals surface area contributed by atoms with Crippen LogP contribution in [0.4, 0.5) is 0 Å². The molecule has 1 aliphatic carbocycles. The van der Waals surface area contributed by atoms with Gasteiger partial charge in [0.05, 0.1) is 0 Å². The van der Waals surface area contributed by atoms with E-state index in [9.17, 15) is 4.79 Å². The second-order valence-corrected chi connectivity index (χ2v) is 6.19. The highest BCUT2D eigenvalue weighted by Gasteiger charge is 2.25. The maximum Gasteiger partial charge on any atom is 0.207 e. The lowest BCUT2D eigenvalue weighted by atomic mass is 10.1. The van der Waals surface area contributed by atoms with Crippen molar-refractivity contribution in [3.63, 3.8) is 0 Å². The molecule has 1 amide bonds. The van der Waals surface area contributed by atoms with E-state index in [0.29, 0.717) is 23.9 Å². The normalized spacial score (nSPS) is 14.7. The lowest BCUT2D eigenvalue weighted by molar-refractivity contribution is -0.109. The second-order valence-electron chi connectivity index (χ2n) is 4.94. The van der Waals surface area contributed by atoms with Gasteiger partial charge in [-0.15, -0.1) is 0 Å². The summed E-state index contributed by atoms with van der Waals surface area (Å²) in [5.41, 5.74) is 8.79. The Kier molecular flexibility index (Phi) is 7.64. The largest absolute Gasteiger partial charge is 0.401 e. The maximum absolute atomic E-state index is 10.0. The molecule has 0 saturated heterocycles. The third-order valence-electron chi connectivity index (χ3n) is 3.32. The third kappa shape index (κ3) is 5.99. The topological polar surface area (TPSA) is 81.1 Å². The molecule has 6 heteroatoms. The Morgan fingerprint density at radius 3 is 2.67 bits per heavy atom. The number of amides is 1. The number of allylic oxidation sites excluding steroid dienone is 2. The number of hydrogen-bond acceptors (Lipinski definition) is 4. The van der Waals surface area contributed by atoms with E-state index < -0.39 is 0 Å². The average Bonchev–Trinajstić information content (AvgIpc) is 3.30. The molecule has 1 fully saturated rings. The summed E-state index contributed by atoms with van der Waals surface area (Å²) < 4.78 is 0. The number of carbonyl (C=O) groups excluding carboxylic acids is 1. The van der Waals surface area contributed by atoms with E-state index in [0.717, 1.165) is 21.7 Å². The molecule has 0 atom stereocenters. The molecule has 4 nitrogen and oxygen atoms in total. The molecule has 1 aromatic carbocycles. The number of benzene rings is 1. The Hall–Kier alpha value is -1.17. The number of rotatable bonds is 5. The lowest BCUT2D eigenvalue weighted by Gasteiger charge is -2.06. The SMILES string of the molecule is C/C(SN)=C(/N)C1CC1.Cc1cccc(Cl)c1CNC=O. The van der Waals surface area contributed by atoms with Crippen LogP contribution in [0.1, 0.15) is 30.9 Å². The molecule has 21 heavy (non-hydrogen) atoms. The van der Waals surface area contributed by atoms with Crippen LogP contribution in [0, 0.1) is 12.8 Å². The smallest absolute Gasteiger partial charge is 0.207 e. The minimum atomic E-state index is 0.495. The van der Waals surface area contributed by atoms with Crippen LogP contribution >= 0.6 is 23.5 Å². The summed E-state index contributed by atoms with van der Waals surface area (Å²) >= 11 is 7.17. The van der Waals surface area contributed by atoms with Gasteiger partial charge < -0.3 is 11.1 Å². The van der Waals surface area contributed by atoms with E-state index in [-0.39, 0.29) is 0 Å². The summed E-state index contributed by atoms with van der Waals surface area (Å²) in [4.78, 5) is 11.1. The number of aryl methyl sites for hydroxylation is 1. The molecule has 5 N–H and O–H groups in total. The van der Waals surface area contributed by atoms with Crippen molar-refractivity contribution in [2.45, 2.75) is 33.2 Å². The fourth-order valence-electron chi connectivity index (χ4n) is 1.78. The molecule has 0 heterocycles. The predicted octanol–water partition coefficient (Wildman–Crippen LogP) is 3.09. The van der Waals surface area contributed by atoms with E-state index in [1.165, 1.54) is 24.8 Å². The molecular weight excluding hydrogens is 306 g/mol. The summed E-state index contributed by atoms with van der Waals surface area (Å²) in [6.45, 7) is 4.43. The van der Waals surface area contributed by atoms with E-state index in [2.05, 4.69) is 5.32 Å². The Bertz CT molecular complexity index is 495. The lowest BCUT2D eigenvalue weighted by Crippen LogP contribution is -2.11. The summed E-state index contributed by atoms with van der Waals surface area (Å²) in [7, 11) is 0. The van der Waals surface area contributed by atoms with Gasteiger partial charge in [0, 0.05) is 22.2 Å². The van der Waals surface area contributed by atoms with E-state index >= 15 is 0 Å². The minimum Gasteiger partial charge on any atom is -0.401 e. The van der Waals surface area contributed by atoms with Gasteiger partial charge in [0.1, 0.15) is 0 Å². The van der Waals surface area contributed by atoms with E-state index in [1.807, 2.05) is 32.0 Å². The molecule has 0 bridgehead atoms. The zero-order chi connectivity index (χ0) is 15.8. The molecule has 1 aliphatic rings. The van der Waals surface area contributed by atoms with Gasteiger partial charge in [0.2, 0.25) is 6.41 Å². The number of hydrogen-bond donors (Lipinski definition) is 3. The second kappa shape index (κ2) is 8.97. The Morgan fingerprint density at radius 2 is 2.19 bits per heavy atom. The van der Waals surface area contributed by atoms with Crippen LogP contribution in [-0.2, 0) is 11.3 Å². The predicted molar refractivity (Wildman–Crippen MR) is 90.5 cm³/mol. The number of nitrogens with two attached hydrogens (primary N) is 2. The summed E-state index contributed by atoms with van der Waals surface area (Å²) in [6, 6.07) is 5.67. The van der Waals surface area contributed by atoms with E-state index in [4.69, 9.17) is 22.5 Å². The maximum atomic E-state index is 10.0. The first kappa shape index (κ1) is 17.9. The zero-order valence-electron chi connectivity index (χ0n) is 12.4. The molecule has 2 rings (SSSR count). The number of halogens is 1.